The second kappa shape index (κ2) is 16.8. The molecule has 0 heterocycles. The standard InChI is InChI=1S/C39H43Cl2N3O6S/c1-26-19-27(2)21-30(20-26)44(51(47,48)31-17-18-36(49-3)37(23-31)50-4)25-38(45)43(24-32-33(40)15-10-16-34(32)41)35(22-28-11-6-5-7-12-28)39(46)42-29-13-8-9-14-29/h5-7,10-12,15-21,23,29,35H,8-9,13-14,22,24-25H2,1-4H3,(H,42,46)/t35-/m1/s1. The van der Waals surface area contributed by atoms with Gasteiger partial charge in [-0.25, -0.2) is 8.42 Å². The zero-order valence-corrected chi connectivity index (χ0v) is 31.5. The average molecular weight is 753 g/mol. The van der Waals surface area contributed by atoms with Gasteiger partial charge >= 0.3 is 0 Å². The van der Waals surface area contributed by atoms with Crippen LogP contribution in [0.5, 0.6) is 11.5 Å². The highest BCUT2D eigenvalue weighted by atomic mass is 35.5. The Kier molecular flexibility index (Phi) is 12.5. The van der Waals surface area contributed by atoms with Crippen LogP contribution in [0.15, 0.2) is 89.8 Å². The summed E-state index contributed by atoms with van der Waals surface area (Å²) in [6, 6.07) is 23.0. The number of carbonyl (C=O) groups excluding carboxylic acids is 2. The molecule has 0 saturated heterocycles. The zero-order valence-electron chi connectivity index (χ0n) is 29.2. The molecule has 2 amide bonds. The number of amides is 2. The maximum absolute atomic E-state index is 14.9. The van der Waals surface area contributed by atoms with Crippen molar-refractivity contribution in [1.29, 1.82) is 0 Å². The molecule has 0 radical (unpaired) electrons. The maximum Gasteiger partial charge on any atom is 0.264 e. The highest BCUT2D eigenvalue weighted by molar-refractivity contribution is 7.92. The molecule has 12 heteroatoms. The van der Waals surface area contributed by atoms with E-state index >= 15 is 0 Å². The number of nitrogens with zero attached hydrogens (tertiary/aromatic N) is 2. The Morgan fingerprint density at radius 3 is 2.08 bits per heavy atom. The van der Waals surface area contributed by atoms with E-state index in [0.717, 1.165) is 46.7 Å². The Morgan fingerprint density at radius 1 is 0.843 bits per heavy atom. The van der Waals surface area contributed by atoms with E-state index < -0.39 is 28.5 Å². The van der Waals surface area contributed by atoms with Gasteiger partial charge in [-0.1, -0.05) is 78.5 Å². The molecule has 5 rings (SSSR count). The monoisotopic (exact) mass is 751 g/mol. The Morgan fingerprint density at radius 2 is 1.47 bits per heavy atom. The van der Waals surface area contributed by atoms with Crippen molar-refractivity contribution < 1.29 is 27.5 Å². The summed E-state index contributed by atoms with van der Waals surface area (Å²) < 4.78 is 41.1. The number of rotatable bonds is 14. The summed E-state index contributed by atoms with van der Waals surface area (Å²) in [7, 11) is -1.51. The highest BCUT2D eigenvalue weighted by Crippen LogP contribution is 2.34. The average Bonchev–Trinajstić information content (AvgIpc) is 3.62. The minimum Gasteiger partial charge on any atom is -0.493 e. The first-order chi connectivity index (χ1) is 24.4. The molecule has 1 aliphatic carbocycles. The van der Waals surface area contributed by atoms with Crippen LogP contribution in [0.4, 0.5) is 5.69 Å². The first kappa shape index (κ1) is 38.0. The summed E-state index contributed by atoms with van der Waals surface area (Å²) in [4.78, 5) is 30.5. The van der Waals surface area contributed by atoms with E-state index in [1.807, 2.05) is 50.2 Å². The summed E-state index contributed by atoms with van der Waals surface area (Å²) in [5, 5.41) is 3.81. The third-order valence-electron chi connectivity index (χ3n) is 9.08. The van der Waals surface area contributed by atoms with E-state index in [0.29, 0.717) is 27.0 Å². The Hall–Kier alpha value is -4.25. The third-order valence-corrected chi connectivity index (χ3v) is 11.6. The molecule has 4 aromatic carbocycles. The molecular formula is C39H43Cl2N3O6S. The van der Waals surface area contributed by atoms with Crippen molar-refractivity contribution in [2.45, 2.75) is 69.5 Å². The lowest BCUT2D eigenvalue weighted by molar-refractivity contribution is -0.140. The number of halogens is 2. The Labute approximate surface area is 310 Å². The number of hydrogen-bond acceptors (Lipinski definition) is 6. The normalized spacial score (nSPS) is 13.8. The number of ether oxygens (including phenoxy) is 2. The smallest absolute Gasteiger partial charge is 0.264 e. The second-order valence-electron chi connectivity index (χ2n) is 12.8. The van der Waals surface area contributed by atoms with Gasteiger partial charge in [0.15, 0.2) is 11.5 Å². The van der Waals surface area contributed by atoms with Crippen molar-refractivity contribution in [3.63, 3.8) is 0 Å². The summed E-state index contributed by atoms with van der Waals surface area (Å²) in [5.41, 5.74) is 3.18. The lowest BCUT2D eigenvalue weighted by Gasteiger charge is -2.35. The molecule has 0 unspecified atom stereocenters. The molecule has 1 saturated carbocycles. The minimum atomic E-state index is -4.39. The fourth-order valence-corrected chi connectivity index (χ4v) is 8.43. The van der Waals surface area contributed by atoms with E-state index in [2.05, 4.69) is 5.32 Å². The number of methoxy groups -OCH3 is 2. The van der Waals surface area contributed by atoms with Gasteiger partial charge in [0.05, 0.1) is 24.8 Å². The fourth-order valence-electron chi connectivity index (χ4n) is 6.50. The van der Waals surface area contributed by atoms with Crippen LogP contribution >= 0.6 is 23.2 Å². The first-order valence-electron chi connectivity index (χ1n) is 16.8. The van der Waals surface area contributed by atoms with E-state index in [1.165, 1.54) is 37.3 Å². The van der Waals surface area contributed by atoms with Crippen LogP contribution in [0.25, 0.3) is 0 Å². The number of nitrogens with one attached hydrogen (secondary N) is 1. The van der Waals surface area contributed by atoms with Crippen molar-refractivity contribution in [2.24, 2.45) is 0 Å². The molecule has 9 nitrogen and oxygen atoms in total. The predicted molar refractivity (Wildman–Crippen MR) is 201 cm³/mol. The van der Waals surface area contributed by atoms with Gasteiger partial charge < -0.3 is 19.7 Å². The van der Waals surface area contributed by atoms with Crippen LogP contribution in [-0.4, -0.2) is 58.0 Å². The van der Waals surface area contributed by atoms with Gasteiger partial charge in [0, 0.05) is 40.7 Å². The van der Waals surface area contributed by atoms with E-state index in [9.17, 15) is 18.0 Å². The summed E-state index contributed by atoms with van der Waals surface area (Å²) in [5.74, 6) is -0.378. The van der Waals surface area contributed by atoms with Crippen LogP contribution in [0.1, 0.15) is 47.9 Å². The molecule has 0 aliphatic heterocycles. The van der Waals surface area contributed by atoms with Gasteiger partial charge in [-0.05, 0) is 79.8 Å². The molecule has 4 aromatic rings. The molecule has 0 bridgehead atoms. The van der Waals surface area contributed by atoms with E-state index in [1.54, 1.807) is 30.3 Å². The molecule has 0 spiro atoms. The van der Waals surface area contributed by atoms with E-state index in [-0.39, 0.29) is 35.6 Å². The topological polar surface area (TPSA) is 105 Å². The highest BCUT2D eigenvalue weighted by Gasteiger charge is 2.36. The summed E-state index contributed by atoms with van der Waals surface area (Å²) in [6.07, 6.45) is 3.88. The van der Waals surface area contributed by atoms with Gasteiger partial charge in [0.25, 0.3) is 10.0 Å². The molecule has 270 valence electrons. The maximum atomic E-state index is 14.9. The molecule has 0 aromatic heterocycles. The molecule has 1 fully saturated rings. The zero-order chi connectivity index (χ0) is 36.7. The van der Waals surface area contributed by atoms with Crippen molar-refractivity contribution >= 4 is 50.7 Å². The largest absolute Gasteiger partial charge is 0.493 e. The second-order valence-corrected chi connectivity index (χ2v) is 15.5. The molecular weight excluding hydrogens is 709 g/mol. The Balaban J connectivity index is 1.63. The lowest BCUT2D eigenvalue weighted by atomic mass is 10.0. The molecule has 1 atom stereocenters. The quantitative estimate of drug-likeness (QED) is 0.143. The minimum absolute atomic E-state index is 0.0196. The summed E-state index contributed by atoms with van der Waals surface area (Å²) in [6.45, 7) is 2.95. The van der Waals surface area contributed by atoms with E-state index in [4.69, 9.17) is 32.7 Å². The van der Waals surface area contributed by atoms with Gasteiger partial charge in [-0.2, -0.15) is 0 Å². The van der Waals surface area contributed by atoms with Gasteiger partial charge in [0.1, 0.15) is 12.6 Å². The van der Waals surface area contributed by atoms with Crippen LogP contribution < -0.4 is 19.1 Å². The molecule has 1 aliphatic rings. The molecule has 1 N–H and O–H groups in total. The number of hydrogen-bond donors (Lipinski definition) is 1. The van der Waals surface area contributed by atoms with Crippen molar-refractivity contribution in [1.82, 2.24) is 10.2 Å². The predicted octanol–water partition coefficient (Wildman–Crippen LogP) is 7.52. The Bertz CT molecular complexity index is 1930. The number of aryl methyl sites for hydroxylation is 2. The number of carbonyl (C=O) groups is 2. The van der Waals surface area contributed by atoms with Crippen molar-refractivity contribution in [3.8, 4) is 11.5 Å². The van der Waals surface area contributed by atoms with Crippen molar-refractivity contribution in [2.75, 3.05) is 25.1 Å². The third kappa shape index (κ3) is 9.16. The van der Waals surface area contributed by atoms with Crippen LogP contribution in [0, 0.1) is 13.8 Å². The van der Waals surface area contributed by atoms with Gasteiger partial charge in [-0.3, -0.25) is 13.9 Å². The number of sulfonamides is 1. The SMILES string of the molecule is COc1ccc(S(=O)(=O)N(CC(=O)N(Cc2c(Cl)cccc2Cl)[C@H](Cc2ccccc2)C(=O)NC2CCCC2)c2cc(C)cc(C)c2)cc1OC. The van der Waals surface area contributed by atoms with Crippen molar-refractivity contribution in [3.05, 3.63) is 117 Å². The number of benzene rings is 4. The molecule has 51 heavy (non-hydrogen) atoms. The van der Waals surface area contributed by atoms with Gasteiger partial charge in [-0.15, -0.1) is 0 Å². The van der Waals surface area contributed by atoms with Crippen LogP contribution in [-0.2, 0) is 32.6 Å². The van der Waals surface area contributed by atoms with Crippen LogP contribution in [0.2, 0.25) is 10.0 Å². The number of anilines is 1. The van der Waals surface area contributed by atoms with Crippen LogP contribution in [0.3, 0.4) is 0 Å². The lowest BCUT2D eigenvalue weighted by Crippen LogP contribution is -2.54. The van der Waals surface area contributed by atoms with Gasteiger partial charge in [0.2, 0.25) is 11.8 Å². The summed E-state index contributed by atoms with van der Waals surface area (Å²) >= 11 is 13.3. The fraction of sp³-hybridized carbons (Fsp3) is 0.333. The first-order valence-corrected chi connectivity index (χ1v) is 19.0.